The third-order valence-corrected chi connectivity index (χ3v) is 3.66. The van der Waals surface area contributed by atoms with Gasteiger partial charge in [0.1, 0.15) is 5.54 Å². The van der Waals surface area contributed by atoms with Crippen LogP contribution in [0.1, 0.15) is 27.2 Å². The summed E-state index contributed by atoms with van der Waals surface area (Å²) in [6.07, 6.45) is 0.699. The fourth-order valence-corrected chi connectivity index (χ4v) is 2.09. The standard InChI is InChI=1S/C16H26N2O2/c1-5-18(14-10-8-7-9-11-14)13-12-16(3,17-4)15(19)20-6-2/h7-11,17H,5-6,12-13H2,1-4H3. The second-order valence-electron chi connectivity index (χ2n) is 4.97. The molecular weight excluding hydrogens is 252 g/mol. The maximum absolute atomic E-state index is 12.0. The third-order valence-electron chi connectivity index (χ3n) is 3.66. The smallest absolute Gasteiger partial charge is 0.326 e. The van der Waals surface area contributed by atoms with Gasteiger partial charge in [-0.3, -0.25) is 4.79 Å². The maximum atomic E-state index is 12.0. The first-order valence-corrected chi connectivity index (χ1v) is 7.23. The number of hydrogen-bond donors (Lipinski definition) is 1. The molecule has 0 amide bonds. The number of anilines is 1. The molecule has 0 fully saturated rings. The molecule has 1 N–H and O–H groups in total. The van der Waals surface area contributed by atoms with Crippen molar-refractivity contribution in [3.8, 4) is 0 Å². The van der Waals surface area contributed by atoms with Crippen LogP contribution in [0, 0.1) is 0 Å². The molecule has 0 spiro atoms. The van der Waals surface area contributed by atoms with E-state index in [-0.39, 0.29) is 5.97 Å². The number of hydrogen-bond acceptors (Lipinski definition) is 4. The van der Waals surface area contributed by atoms with E-state index in [9.17, 15) is 4.79 Å². The van der Waals surface area contributed by atoms with Crippen molar-refractivity contribution < 1.29 is 9.53 Å². The molecule has 0 saturated carbocycles. The first-order valence-electron chi connectivity index (χ1n) is 7.23. The van der Waals surface area contributed by atoms with E-state index in [2.05, 4.69) is 29.3 Å². The van der Waals surface area contributed by atoms with Gasteiger partial charge in [0.15, 0.2) is 0 Å². The Morgan fingerprint density at radius 3 is 2.45 bits per heavy atom. The Morgan fingerprint density at radius 2 is 1.95 bits per heavy atom. The molecule has 112 valence electrons. The van der Waals surface area contributed by atoms with Crippen molar-refractivity contribution in [2.24, 2.45) is 0 Å². The average molecular weight is 278 g/mol. The van der Waals surface area contributed by atoms with Gasteiger partial charge in [-0.1, -0.05) is 18.2 Å². The molecule has 0 aliphatic heterocycles. The summed E-state index contributed by atoms with van der Waals surface area (Å²) in [6, 6.07) is 10.2. The zero-order chi connectivity index (χ0) is 15.0. The lowest BCUT2D eigenvalue weighted by Crippen LogP contribution is -2.50. The van der Waals surface area contributed by atoms with Crippen molar-refractivity contribution >= 4 is 11.7 Å². The first-order chi connectivity index (χ1) is 9.57. The third kappa shape index (κ3) is 4.23. The van der Waals surface area contributed by atoms with Gasteiger partial charge in [-0.2, -0.15) is 0 Å². The average Bonchev–Trinajstić information content (AvgIpc) is 2.49. The molecule has 20 heavy (non-hydrogen) atoms. The number of nitrogens with one attached hydrogen (secondary N) is 1. The Kier molecular flexibility index (Phi) is 6.52. The van der Waals surface area contributed by atoms with Crippen molar-refractivity contribution in [3.63, 3.8) is 0 Å². The van der Waals surface area contributed by atoms with Crippen LogP contribution in [0.5, 0.6) is 0 Å². The number of likely N-dealkylation sites (N-methyl/N-ethyl adjacent to an activating group) is 1. The van der Waals surface area contributed by atoms with E-state index < -0.39 is 5.54 Å². The SMILES string of the molecule is CCOC(=O)C(C)(CCN(CC)c1ccccc1)NC. The minimum atomic E-state index is -0.641. The molecule has 0 aliphatic rings. The molecule has 0 radical (unpaired) electrons. The highest BCUT2D eigenvalue weighted by Gasteiger charge is 2.33. The minimum absolute atomic E-state index is 0.188. The van der Waals surface area contributed by atoms with Crippen molar-refractivity contribution in [3.05, 3.63) is 30.3 Å². The van der Waals surface area contributed by atoms with E-state index in [0.717, 1.165) is 13.1 Å². The van der Waals surface area contributed by atoms with Crippen LogP contribution >= 0.6 is 0 Å². The van der Waals surface area contributed by atoms with Crippen molar-refractivity contribution in [2.45, 2.75) is 32.7 Å². The fraction of sp³-hybridized carbons (Fsp3) is 0.562. The molecule has 0 aromatic heterocycles. The number of carbonyl (C=O) groups is 1. The number of ether oxygens (including phenoxy) is 1. The van der Waals surface area contributed by atoms with Crippen LogP contribution in [0.4, 0.5) is 5.69 Å². The van der Waals surface area contributed by atoms with Crippen molar-refractivity contribution in [2.75, 3.05) is 31.6 Å². The van der Waals surface area contributed by atoms with Crippen LogP contribution in [-0.4, -0.2) is 38.3 Å². The topological polar surface area (TPSA) is 41.6 Å². The summed E-state index contributed by atoms with van der Waals surface area (Å²) < 4.78 is 5.15. The molecular formula is C16H26N2O2. The van der Waals surface area contributed by atoms with Gasteiger partial charge in [0.2, 0.25) is 0 Å². The number of rotatable bonds is 8. The lowest BCUT2D eigenvalue weighted by atomic mass is 9.97. The molecule has 0 saturated heterocycles. The first kappa shape index (κ1) is 16.5. The van der Waals surface area contributed by atoms with Gasteiger partial charge in [-0.15, -0.1) is 0 Å². The van der Waals surface area contributed by atoms with Gasteiger partial charge in [-0.25, -0.2) is 0 Å². The lowest BCUT2D eigenvalue weighted by molar-refractivity contribution is -0.150. The molecule has 1 unspecified atom stereocenters. The minimum Gasteiger partial charge on any atom is -0.465 e. The summed E-state index contributed by atoms with van der Waals surface area (Å²) in [5.41, 5.74) is 0.537. The van der Waals surface area contributed by atoms with E-state index in [1.165, 1.54) is 5.69 Å². The molecule has 4 nitrogen and oxygen atoms in total. The second-order valence-corrected chi connectivity index (χ2v) is 4.97. The Balaban J connectivity index is 2.69. The van der Waals surface area contributed by atoms with Crippen LogP contribution in [-0.2, 0) is 9.53 Å². The quantitative estimate of drug-likeness (QED) is 0.742. The predicted molar refractivity (Wildman–Crippen MR) is 83.0 cm³/mol. The molecule has 1 rings (SSSR count). The normalized spacial score (nSPS) is 13.6. The zero-order valence-corrected chi connectivity index (χ0v) is 13.0. The van der Waals surface area contributed by atoms with Gasteiger partial charge in [0, 0.05) is 18.8 Å². The summed E-state index contributed by atoms with van der Waals surface area (Å²) >= 11 is 0. The van der Waals surface area contributed by atoms with E-state index in [1.807, 2.05) is 32.0 Å². The lowest BCUT2D eigenvalue weighted by Gasteiger charge is -2.31. The van der Waals surface area contributed by atoms with Crippen LogP contribution in [0.2, 0.25) is 0 Å². The van der Waals surface area contributed by atoms with Gasteiger partial charge < -0.3 is 15.0 Å². The van der Waals surface area contributed by atoms with Crippen LogP contribution in [0.15, 0.2) is 30.3 Å². The van der Waals surface area contributed by atoms with Gasteiger partial charge in [-0.05, 0) is 46.4 Å². The van der Waals surface area contributed by atoms with Gasteiger partial charge >= 0.3 is 5.97 Å². The van der Waals surface area contributed by atoms with Crippen LogP contribution < -0.4 is 10.2 Å². The number of esters is 1. The molecule has 4 heteroatoms. The highest BCUT2D eigenvalue weighted by Crippen LogP contribution is 2.17. The van der Waals surface area contributed by atoms with E-state index >= 15 is 0 Å². The molecule has 0 heterocycles. The highest BCUT2D eigenvalue weighted by atomic mass is 16.5. The largest absolute Gasteiger partial charge is 0.465 e. The summed E-state index contributed by atoms with van der Waals surface area (Å²) in [6.45, 7) is 7.96. The maximum Gasteiger partial charge on any atom is 0.326 e. The number of nitrogens with zero attached hydrogens (tertiary/aromatic N) is 1. The van der Waals surface area contributed by atoms with Crippen molar-refractivity contribution in [1.82, 2.24) is 5.32 Å². The van der Waals surface area contributed by atoms with Gasteiger partial charge in [0.05, 0.1) is 6.61 Å². The summed E-state index contributed by atoms with van der Waals surface area (Å²) in [7, 11) is 1.80. The summed E-state index contributed by atoms with van der Waals surface area (Å²) in [5, 5.41) is 3.09. The van der Waals surface area contributed by atoms with E-state index in [1.54, 1.807) is 7.05 Å². The summed E-state index contributed by atoms with van der Waals surface area (Å²) in [4.78, 5) is 14.3. The highest BCUT2D eigenvalue weighted by molar-refractivity contribution is 5.80. The fourth-order valence-electron chi connectivity index (χ4n) is 2.09. The molecule has 0 aliphatic carbocycles. The zero-order valence-electron chi connectivity index (χ0n) is 13.0. The van der Waals surface area contributed by atoms with E-state index in [0.29, 0.717) is 13.0 Å². The monoisotopic (exact) mass is 278 g/mol. The predicted octanol–water partition coefficient (Wildman–Crippen LogP) is 2.44. The van der Waals surface area contributed by atoms with Crippen LogP contribution in [0.25, 0.3) is 0 Å². The Labute approximate surface area is 122 Å². The molecule has 1 aromatic carbocycles. The molecule has 1 atom stereocenters. The number of carbonyl (C=O) groups excluding carboxylic acids is 1. The van der Waals surface area contributed by atoms with Crippen LogP contribution in [0.3, 0.4) is 0 Å². The second kappa shape index (κ2) is 7.90. The summed E-state index contributed by atoms with van der Waals surface area (Å²) in [5.74, 6) is -0.188. The molecule has 1 aromatic rings. The Bertz CT molecular complexity index is 408. The number of benzene rings is 1. The number of para-hydroxylation sites is 1. The Morgan fingerprint density at radius 1 is 1.30 bits per heavy atom. The Hall–Kier alpha value is -1.55. The van der Waals surface area contributed by atoms with E-state index in [4.69, 9.17) is 4.74 Å². The van der Waals surface area contributed by atoms with Crippen molar-refractivity contribution in [1.29, 1.82) is 0 Å². The van der Waals surface area contributed by atoms with Gasteiger partial charge in [0.25, 0.3) is 0 Å². The molecule has 0 bridgehead atoms.